The van der Waals surface area contributed by atoms with Gasteiger partial charge < -0.3 is 34.9 Å². The topological polar surface area (TPSA) is 145 Å². The summed E-state index contributed by atoms with van der Waals surface area (Å²) in [5.41, 5.74) is 11.5. The van der Waals surface area contributed by atoms with E-state index in [2.05, 4.69) is 64.1 Å². The lowest BCUT2D eigenvalue weighted by Gasteiger charge is -2.31. The molecule has 1 aromatic heterocycles. The Bertz CT molecular complexity index is 2050. The highest BCUT2D eigenvalue weighted by molar-refractivity contribution is 6.04. The summed E-state index contributed by atoms with van der Waals surface area (Å²) in [7, 11) is 2.62. The summed E-state index contributed by atoms with van der Waals surface area (Å²) < 4.78 is 9.60. The van der Waals surface area contributed by atoms with Crippen LogP contribution in [0.25, 0.3) is 28.0 Å². The van der Waals surface area contributed by atoms with Crippen LogP contribution in [0.1, 0.15) is 94.6 Å². The maximum absolute atomic E-state index is 13.9. The Kier molecular flexibility index (Phi) is 11.9. The van der Waals surface area contributed by atoms with Gasteiger partial charge in [-0.25, -0.2) is 9.59 Å². The zero-order valence-corrected chi connectivity index (χ0v) is 34.0. The number of aromatic amines is 1. The third kappa shape index (κ3) is 8.09. The molecule has 3 aliphatic heterocycles. The molecule has 4 aliphatic rings. The van der Waals surface area contributed by atoms with Crippen LogP contribution in [0, 0.1) is 11.8 Å². The largest absolute Gasteiger partial charge is 0.453 e. The summed E-state index contributed by atoms with van der Waals surface area (Å²) >= 11 is 0. The van der Waals surface area contributed by atoms with Gasteiger partial charge in [0.1, 0.15) is 12.1 Å². The lowest BCUT2D eigenvalue weighted by molar-refractivity contribution is -0.135. The third-order valence-electron chi connectivity index (χ3n) is 12.2. The molecule has 4 amide bonds. The lowest BCUT2D eigenvalue weighted by atomic mass is 9.95. The number of carbonyl (C=O) groups excluding carboxylic acids is 4. The normalized spacial score (nSPS) is 20.0. The van der Waals surface area contributed by atoms with Gasteiger partial charge in [-0.15, -0.1) is 0 Å². The Morgan fingerprint density at radius 3 is 1.72 bits per heavy atom. The van der Waals surface area contributed by atoms with Crippen molar-refractivity contribution in [1.82, 2.24) is 25.4 Å². The molecule has 12 heteroatoms. The highest BCUT2D eigenvalue weighted by Crippen LogP contribution is 2.42. The molecule has 302 valence electrons. The summed E-state index contributed by atoms with van der Waals surface area (Å²) in [6.45, 7) is 9.03. The van der Waals surface area contributed by atoms with Gasteiger partial charge >= 0.3 is 12.2 Å². The number of rotatable bonds is 11. The molecule has 1 unspecified atom stereocenters. The average molecular weight is 777 g/mol. The van der Waals surface area contributed by atoms with Crippen LogP contribution in [0.2, 0.25) is 0 Å². The fourth-order valence-electron chi connectivity index (χ4n) is 9.13. The van der Waals surface area contributed by atoms with Gasteiger partial charge in [0.2, 0.25) is 11.8 Å². The first-order valence-electron chi connectivity index (χ1n) is 20.5. The number of aromatic nitrogens is 1. The van der Waals surface area contributed by atoms with Crippen LogP contribution in [0.3, 0.4) is 0 Å². The predicted octanol–water partition coefficient (Wildman–Crippen LogP) is 7.44. The smallest absolute Gasteiger partial charge is 0.407 e. The number of hydrogen-bond acceptors (Lipinski definition) is 7. The number of carbonyl (C=O) groups is 4. The average Bonchev–Trinajstić information content (AvgIpc) is 4.07. The minimum Gasteiger partial charge on any atom is -0.453 e. The zero-order valence-electron chi connectivity index (χ0n) is 34.0. The number of H-pyrrole nitrogens is 1. The van der Waals surface area contributed by atoms with E-state index in [9.17, 15) is 19.2 Å². The molecule has 2 aromatic carbocycles. The molecule has 4 heterocycles. The minimum atomic E-state index is -0.655. The molecule has 0 bridgehead atoms. The maximum Gasteiger partial charge on any atom is 0.407 e. The number of likely N-dealkylation sites (tertiary alicyclic amines) is 2. The standard InChI is InChI=1S/C45H56N6O6/c1-26(2)38(48-44(54)56-5)42(52)50-22-8-12-36(50)35-24-32(25-46-35)30-16-14-28(15-17-30)29-18-20-31(21-19-29)40-33-10-7-11-34(33)41(47-40)37-13-9-23-51(37)43(53)39(27(3)4)49-45(55)57-6/h14-21,25-27,36-39,47H,7-13,22-24H2,1-6H3,(H,48,54)(H,49,55)/t36?,37-,38-,39-/m0/s1. The van der Waals surface area contributed by atoms with Crippen molar-refractivity contribution in [2.24, 2.45) is 16.8 Å². The summed E-state index contributed by atoms with van der Waals surface area (Å²) in [5, 5.41) is 5.49. The van der Waals surface area contributed by atoms with Crippen molar-refractivity contribution in [1.29, 1.82) is 0 Å². The molecule has 3 aromatic rings. The van der Waals surface area contributed by atoms with Crippen molar-refractivity contribution in [3.05, 3.63) is 77.1 Å². The van der Waals surface area contributed by atoms with Crippen molar-refractivity contribution in [2.75, 3.05) is 27.3 Å². The second kappa shape index (κ2) is 17.0. The van der Waals surface area contributed by atoms with Gasteiger partial charge in [0, 0.05) is 42.8 Å². The van der Waals surface area contributed by atoms with Crippen LogP contribution in [-0.2, 0) is 31.9 Å². The molecular weight excluding hydrogens is 721 g/mol. The quantitative estimate of drug-likeness (QED) is 0.185. The van der Waals surface area contributed by atoms with Crippen LogP contribution < -0.4 is 10.6 Å². The van der Waals surface area contributed by atoms with E-state index in [0.29, 0.717) is 19.5 Å². The fourth-order valence-corrected chi connectivity index (χ4v) is 9.13. The molecule has 0 spiro atoms. The van der Waals surface area contributed by atoms with E-state index in [-0.39, 0.29) is 35.7 Å². The van der Waals surface area contributed by atoms with E-state index >= 15 is 0 Å². The SMILES string of the molecule is COC(=O)N[C@H](C(=O)N1CCCC1C1=NC=C(c2ccc(-c3ccc(-c4[nH]c([C@@H]5CCCN5C(=O)[C@@H](NC(=O)OC)C(C)C)c5c4CCC5)cc3)cc2)C1)C(C)C. The van der Waals surface area contributed by atoms with Gasteiger partial charge in [-0.3, -0.25) is 14.6 Å². The van der Waals surface area contributed by atoms with E-state index < -0.39 is 24.3 Å². The van der Waals surface area contributed by atoms with Crippen LogP contribution in [-0.4, -0.2) is 89.9 Å². The molecule has 0 radical (unpaired) electrons. The molecular formula is C45H56N6O6. The number of amides is 4. The first-order valence-corrected chi connectivity index (χ1v) is 20.5. The number of allylic oxidation sites excluding steroid dienone is 1. The number of hydrogen-bond donors (Lipinski definition) is 3. The summed E-state index contributed by atoms with van der Waals surface area (Å²) in [4.78, 5) is 64.0. The first-order chi connectivity index (χ1) is 27.5. The summed E-state index contributed by atoms with van der Waals surface area (Å²) in [6.07, 6.45) is 8.04. The van der Waals surface area contributed by atoms with Crippen LogP contribution >= 0.6 is 0 Å². The van der Waals surface area contributed by atoms with E-state index in [1.165, 1.54) is 25.3 Å². The number of alkyl carbamates (subject to hydrolysis) is 2. The van der Waals surface area contributed by atoms with Gasteiger partial charge in [0.05, 0.1) is 26.3 Å². The molecule has 12 nitrogen and oxygen atoms in total. The third-order valence-corrected chi connectivity index (χ3v) is 12.2. The van der Waals surface area contributed by atoms with Crippen molar-refractivity contribution < 1.29 is 28.7 Å². The first kappa shape index (κ1) is 39.8. The van der Waals surface area contributed by atoms with Crippen molar-refractivity contribution >= 4 is 35.3 Å². The number of fused-ring (bicyclic) bond motifs is 1. The van der Waals surface area contributed by atoms with Crippen molar-refractivity contribution in [3.8, 4) is 22.4 Å². The van der Waals surface area contributed by atoms with Crippen LogP contribution in [0.4, 0.5) is 9.59 Å². The van der Waals surface area contributed by atoms with Crippen LogP contribution in [0.5, 0.6) is 0 Å². The Morgan fingerprint density at radius 1 is 0.684 bits per heavy atom. The van der Waals surface area contributed by atoms with Crippen LogP contribution in [0.15, 0.2) is 59.7 Å². The Balaban J connectivity index is 1.02. The molecule has 3 N–H and O–H groups in total. The van der Waals surface area contributed by atoms with E-state index in [4.69, 9.17) is 14.5 Å². The summed E-state index contributed by atoms with van der Waals surface area (Å²) in [6, 6.07) is 15.8. The van der Waals surface area contributed by atoms with Crippen molar-refractivity contribution in [3.63, 3.8) is 0 Å². The Hall–Kier alpha value is -5.39. The van der Waals surface area contributed by atoms with E-state index in [1.54, 1.807) is 0 Å². The van der Waals surface area contributed by atoms with Gasteiger partial charge in [-0.1, -0.05) is 76.2 Å². The monoisotopic (exact) mass is 776 g/mol. The molecule has 2 saturated heterocycles. The molecule has 1 aliphatic carbocycles. The molecule has 57 heavy (non-hydrogen) atoms. The number of ether oxygens (including phenoxy) is 2. The number of nitrogens with zero attached hydrogens (tertiary/aromatic N) is 3. The molecule has 4 atom stereocenters. The minimum absolute atomic E-state index is 0.0554. The highest BCUT2D eigenvalue weighted by Gasteiger charge is 2.40. The predicted molar refractivity (Wildman–Crippen MR) is 220 cm³/mol. The number of benzene rings is 2. The second-order valence-electron chi connectivity index (χ2n) is 16.4. The Labute approximate surface area is 335 Å². The van der Waals surface area contributed by atoms with Gasteiger partial charge in [-0.05, 0) is 95.7 Å². The number of nitrogens with one attached hydrogen (secondary N) is 3. The fraction of sp³-hybridized carbons (Fsp3) is 0.489. The number of aliphatic imine (C=N–C) groups is 1. The second-order valence-corrected chi connectivity index (χ2v) is 16.4. The van der Waals surface area contributed by atoms with E-state index in [1.807, 2.05) is 43.7 Å². The highest BCUT2D eigenvalue weighted by atomic mass is 16.5. The van der Waals surface area contributed by atoms with Gasteiger partial charge in [-0.2, -0.15) is 0 Å². The lowest BCUT2D eigenvalue weighted by Crippen LogP contribution is -2.53. The molecule has 2 fully saturated rings. The van der Waals surface area contributed by atoms with Crippen molar-refractivity contribution in [2.45, 2.75) is 103 Å². The van der Waals surface area contributed by atoms with Gasteiger partial charge in [0.15, 0.2) is 0 Å². The maximum atomic E-state index is 13.9. The Morgan fingerprint density at radius 2 is 1.18 bits per heavy atom. The molecule has 7 rings (SSSR count). The van der Waals surface area contributed by atoms with Gasteiger partial charge in [0.25, 0.3) is 0 Å². The van der Waals surface area contributed by atoms with E-state index in [0.717, 1.165) is 89.9 Å². The summed E-state index contributed by atoms with van der Waals surface area (Å²) in [5.74, 6) is -0.312. The molecule has 0 saturated carbocycles. The zero-order chi connectivity index (χ0) is 40.4. The number of methoxy groups -OCH3 is 2.